The number of para-hydroxylation sites is 1. The predicted octanol–water partition coefficient (Wildman–Crippen LogP) is 2.02. The van der Waals surface area contributed by atoms with Gasteiger partial charge in [-0.1, -0.05) is 24.3 Å². The zero-order valence-corrected chi connectivity index (χ0v) is 11.9. The minimum atomic E-state index is -0.426. The molecule has 1 aliphatic heterocycles. The fraction of sp³-hybridized carbons (Fsp3) is 0.235. The summed E-state index contributed by atoms with van der Waals surface area (Å²) in [5, 5.41) is 0. The molecule has 21 heavy (non-hydrogen) atoms. The highest BCUT2D eigenvalue weighted by Gasteiger charge is 2.25. The maximum absolute atomic E-state index is 11.4. The molecule has 2 aromatic rings. The molecule has 1 amide bonds. The SMILES string of the molecule is Cc1ccc(C(N)=O)cc1-c1cccc2c1OC(CN)C2. The van der Waals surface area contributed by atoms with Crippen LogP contribution in [0.3, 0.4) is 0 Å². The molecule has 4 heteroatoms. The van der Waals surface area contributed by atoms with Crippen molar-refractivity contribution in [1.29, 1.82) is 0 Å². The number of amides is 1. The number of ether oxygens (including phenoxy) is 1. The lowest BCUT2D eigenvalue weighted by Crippen LogP contribution is -2.24. The van der Waals surface area contributed by atoms with Crippen LogP contribution >= 0.6 is 0 Å². The van der Waals surface area contributed by atoms with Crippen LogP contribution in [0.4, 0.5) is 0 Å². The largest absolute Gasteiger partial charge is 0.488 e. The van der Waals surface area contributed by atoms with E-state index in [-0.39, 0.29) is 6.10 Å². The Bertz CT molecular complexity index is 710. The van der Waals surface area contributed by atoms with Crippen molar-refractivity contribution in [2.24, 2.45) is 11.5 Å². The zero-order chi connectivity index (χ0) is 15.0. The number of hydrogen-bond donors (Lipinski definition) is 2. The van der Waals surface area contributed by atoms with Gasteiger partial charge in [-0.15, -0.1) is 0 Å². The van der Waals surface area contributed by atoms with Crippen molar-refractivity contribution >= 4 is 5.91 Å². The van der Waals surface area contributed by atoms with E-state index in [1.807, 2.05) is 31.2 Å². The molecule has 1 heterocycles. The van der Waals surface area contributed by atoms with E-state index in [1.54, 1.807) is 6.07 Å². The van der Waals surface area contributed by atoms with E-state index in [1.165, 1.54) is 0 Å². The van der Waals surface area contributed by atoms with Crippen LogP contribution in [-0.4, -0.2) is 18.6 Å². The monoisotopic (exact) mass is 282 g/mol. The average Bonchev–Trinajstić information content (AvgIpc) is 2.90. The van der Waals surface area contributed by atoms with Crippen molar-refractivity contribution in [2.45, 2.75) is 19.4 Å². The summed E-state index contributed by atoms with van der Waals surface area (Å²) >= 11 is 0. The van der Waals surface area contributed by atoms with Crippen LogP contribution in [0.15, 0.2) is 36.4 Å². The number of primary amides is 1. The number of fused-ring (bicyclic) bond motifs is 1. The molecule has 1 atom stereocenters. The summed E-state index contributed by atoms with van der Waals surface area (Å²) in [6, 6.07) is 11.5. The topological polar surface area (TPSA) is 78.3 Å². The van der Waals surface area contributed by atoms with Crippen LogP contribution in [0.1, 0.15) is 21.5 Å². The molecule has 0 aliphatic carbocycles. The quantitative estimate of drug-likeness (QED) is 0.904. The Hall–Kier alpha value is -2.33. The van der Waals surface area contributed by atoms with Gasteiger partial charge in [0.2, 0.25) is 5.91 Å². The highest BCUT2D eigenvalue weighted by Crippen LogP contribution is 2.40. The summed E-state index contributed by atoms with van der Waals surface area (Å²) in [6.45, 7) is 2.50. The van der Waals surface area contributed by atoms with Crippen molar-refractivity contribution < 1.29 is 9.53 Å². The molecule has 0 saturated heterocycles. The van der Waals surface area contributed by atoms with E-state index in [4.69, 9.17) is 16.2 Å². The molecular weight excluding hydrogens is 264 g/mol. The number of hydrogen-bond acceptors (Lipinski definition) is 3. The molecule has 2 aromatic carbocycles. The van der Waals surface area contributed by atoms with Crippen LogP contribution in [0.25, 0.3) is 11.1 Å². The van der Waals surface area contributed by atoms with Crippen LogP contribution < -0.4 is 16.2 Å². The first-order chi connectivity index (χ1) is 10.1. The standard InChI is InChI=1S/C17H18N2O2/c1-10-5-6-12(17(19)20)8-15(10)14-4-2-3-11-7-13(9-18)21-16(11)14/h2-6,8,13H,7,9,18H2,1H3,(H2,19,20). The normalized spacial score (nSPS) is 16.4. The van der Waals surface area contributed by atoms with Crippen LogP contribution in [0, 0.1) is 6.92 Å². The fourth-order valence-electron chi connectivity index (χ4n) is 2.75. The van der Waals surface area contributed by atoms with E-state index in [0.29, 0.717) is 12.1 Å². The summed E-state index contributed by atoms with van der Waals surface area (Å²) in [6.07, 6.45) is 0.856. The van der Waals surface area contributed by atoms with Crippen LogP contribution in [-0.2, 0) is 6.42 Å². The molecule has 0 radical (unpaired) electrons. The van der Waals surface area contributed by atoms with Crippen molar-refractivity contribution in [3.05, 3.63) is 53.1 Å². The first-order valence-corrected chi connectivity index (χ1v) is 6.99. The van der Waals surface area contributed by atoms with Crippen molar-refractivity contribution in [3.8, 4) is 16.9 Å². The van der Waals surface area contributed by atoms with Crippen LogP contribution in [0.5, 0.6) is 5.75 Å². The highest BCUT2D eigenvalue weighted by molar-refractivity contribution is 5.94. The summed E-state index contributed by atoms with van der Waals surface area (Å²) in [5.41, 5.74) is 15.8. The molecule has 108 valence electrons. The van der Waals surface area contributed by atoms with Gasteiger partial charge in [-0.3, -0.25) is 4.79 Å². The number of aryl methyl sites for hydroxylation is 1. The first-order valence-electron chi connectivity index (χ1n) is 6.99. The summed E-state index contributed by atoms with van der Waals surface area (Å²) in [7, 11) is 0. The third kappa shape index (κ3) is 2.38. The van der Waals surface area contributed by atoms with Gasteiger partial charge >= 0.3 is 0 Å². The Kier molecular flexibility index (Phi) is 3.39. The summed E-state index contributed by atoms with van der Waals surface area (Å²) in [5.74, 6) is 0.447. The van der Waals surface area contributed by atoms with Crippen molar-refractivity contribution in [2.75, 3.05) is 6.54 Å². The molecule has 4 nitrogen and oxygen atoms in total. The summed E-state index contributed by atoms with van der Waals surface area (Å²) < 4.78 is 5.96. The Morgan fingerprint density at radius 3 is 2.81 bits per heavy atom. The van der Waals surface area contributed by atoms with E-state index in [0.717, 1.165) is 34.4 Å². The van der Waals surface area contributed by atoms with Crippen molar-refractivity contribution in [3.63, 3.8) is 0 Å². The molecule has 1 unspecified atom stereocenters. The van der Waals surface area contributed by atoms with Crippen LogP contribution in [0.2, 0.25) is 0 Å². The lowest BCUT2D eigenvalue weighted by Gasteiger charge is -2.13. The lowest BCUT2D eigenvalue weighted by atomic mass is 9.95. The number of nitrogens with two attached hydrogens (primary N) is 2. The molecular formula is C17H18N2O2. The van der Waals surface area contributed by atoms with Gasteiger partial charge in [0.15, 0.2) is 0 Å². The van der Waals surface area contributed by atoms with Gasteiger partial charge in [-0.2, -0.15) is 0 Å². The molecule has 0 spiro atoms. The van der Waals surface area contributed by atoms with Gasteiger partial charge in [-0.05, 0) is 35.7 Å². The molecule has 3 rings (SSSR count). The molecule has 1 aliphatic rings. The predicted molar refractivity (Wildman–Crippen MR) is 82.3 cm³/mol. The maximum Gasteiger partial charge on any atom is 0.248 e. The number of carbonyl (C=O) groups excluding carboxylic acids is 1. The highest BCUT2D eigenvalue weighted by atomic mass is 16.5. The van der Waals surface area contributed by atoms with Gasteiger partial charge in [0, 0.05) is 24.1 Å². The van der Waals surface area contributed by atoms with E-state index < -0.39 is 5.91 Å². The van der Waals surface area contributed by atoms with Gasteiger partial charge < -0.3 is 16.2 Å². The fourth-order valence-corrected chi connectivity index (χ4v) is 2.75. The van der Waals surface area contributed by atoms with E-state index in [9.17, 15) is 4.79 Å². The molecule has 0 saturated carbocycles. The van der Waals surface area contributed by atoms with Crippen molar-refractivity contribution in [1.82, 2.24) is 0 Å². The Morgan fingerprint density at radius 2 is 2.10 bits per heavy atom. The van der Waals surface area contributed by atoms with Gasteiger partial charge in [0.1, 0.15) is 11.9 Å². The minimum absolute atomic E-state index is 0.0285. The average molecular weight is 282 g/mol. The smallest absolute Gasteiger partial charge is 0.248 e. The zero-order valence-electron chi connectivity index (χ0n) is 11.9. The molecule has 0 aromatic heterocycles. The van der Waals surface area contributed by atoms with Gasteiger partial charge in [0.25, 0.3) is 0 Å². The summed E-state index contributed by atoms with van der Waals surface area (Å²) in [4.78, 5) is 11.4. The number of benzene rings is 2. The molecule has 0 fully saturated rings. The second kappa shape index (κ2) is 5.22. The van der Waals surface area contributed by atoms with E-state index >= 15 is 0 Å². The molecule has 0 bridgehead atoms. The van der Waals surface area contributed by atoms with Gasteiger partial charge in [-0.25, -0.2) is 0 Å². The minimum Gasteiger partial charge on any atom is -0.488 e. The number of carbonyl (C=O) groups is 1. The second-order valence-electron chi connectivity index (χ2n) is 5.37. The van der Waals surface area contributed by atoms with Gasteiger partial charge in [0.05, 0.1) is 0 Å². The Labute approximate surface area is 123 Å². The molecule has 4 N–H and O–H groups in total. The third-order valence-corrected chi connectivity index (χ3v) is 3.90. The Balaban J connectivity index is 2.13. The van der Waals surface area contributed by atoms with E-state index in [2.05, 4.69) is 6.07 Å². The Morgan fingerprint density at radius 1 is 1.29 bits per heavy atom. The second-order valence-corrected chi connectivity index (χ2v) is 5.37. The maximum atomic E-state index is 11.4. The third-order valence-electron chi connectivity index (χ3n) is 3.90. The first kappa shape index (κ1) is 13.6. The lowest BCUT2D eigenvalue weighted by molar-refractivity contribution is 0.100. The number of rotatable bonds is 3.